The van der Waals surface area contributed by atoms with E-state index in [4.69, 9.17) is 9.47 Å². The quantitative estimate of drug-likeness (QED) is 0.518. The first-order valence-corrected chi connectivity index (χ1v) is 13.9. The van der Waals surface area contributed by atoms with Crippen LogP contribution in [0, 0.1) is 6.92 Å². The summed E-state index contributed by atoms with van der Waals surface area (Å²) in [6.07, 6.45) is 4.90. The van der Waals surface area contributed by atoms with Crippen molar-refractivity contribution >= 4 is 22.0 Å². The summed E-state index contributed by atoms with van der Waals surface area (Å²) in [6, 6.07) is 6.79. The summed E-state index contributed by atoms with van der Waals surface area (Å²) in [5.74, 6) is -0.731. The van der Waals surface area contributed by atoms with Crippen LogP contribution in [0.25, 0.3) is 0 Å². The molecule has 0 radical (unpaired) electrons. The summed E-state index contributed by atoms with van der Waals surface area (Å²) >= 11 is 0. The Hall–Kier alpha value is -2.97. The molecule has 0 fully saturated rings. The fraction of sp³-hybridized carbons (Fsp3) is 0.448. The number of aryl methyl sites for hydroxylation is 1. The van der Waals surface area contributed by atoms with Gasteiger partial charge in [-0.2, -0.15) is 4.31 Å². The maximum Gasteiger partial charge on any atom is 0.335 e. The van der Waals surface area contributed by atoms with Crippen LogP contribution in [0.15, 0.2) is 74.8 Å². The lowest BCUT2D eigenvalue weighted by molar-refractivity contribution is -0.145. The number of ether oxygens (including phenoxy) is 2. The summed E-state index contributed by atoms with van der Waals surface area (Å²) < 4.78 is 40.1. The second-order valence-electron chi connectivity index (χ2n) is 10.9. The molecular formula is C29H35NO6S. The van der Waals surface area contributed by atoms with Gasteiger partial charge in [0.15, 0.2) is 0 Å². The van der Waals surface area contributed by atoms with Crippen molar-refractivity contribution in [1.82, 2.24) is 4.31 Å². The smallest absolute Gasteiger partial charge is 0.335 e. The first kappa shape index (κ1) is 27.1. The highest BCUT2D eigenvalue weighted by molar-refractivity contribution is 7.89. The Balaban J connectivity index is 1.84. The summed E-state index contributed by atoms with van der Waals surface area (Å²) in [7, 11) is -3.82. The number of cyclic esters (lactones) is 2. The molecule has 198 valence electrons. The molecule has 3 aliphatic heterocycles. The minimum Gasteiger partial charge on any atom is -0.451 e. The Morgan fingerprint density at radius 1 is 0.730 bits per heavy atom. The monoisotopic (exact) mass is 525 g/mol. The van der Waals surface area contributed by atoms with Gasteiger partial charge in [0.25, 0.3) is 0 Å². The van der Waals surface area contributed by atoms with E-state index in [2.05, 4.69) is 0 Å². The van der Waals surface area contributed by atoms with Crippen molar-refractivity contribution in [3.8, 4) is 0 Å². The van der Waals surface area contributed by atoms with Crippen molar-refractivity contribution in [2.45, 2.75) is 77.4 Å². The van der Waals surface area contributed by atoms with Crippen molar-refractivity contribution in [2.75, 3.05) is 13.1 Å². The van der Waals surface area contributed by atoms with E-state index in [9.17, 15) is 18.0 Å². The second-order valence-corrected chi connectivity index (χ2v) is 12.8. The molecule has 37 heavy (non-hydrogen) atoms. The second kappa shape index (κ2) is 9.40. The molecule has 0 saturated heterocycles. The van der Waals surface area contributed by atoms with E-state index in [-0.39, 0.29) is 29.9 Å². The van der Waals surface area contributed by atoms with Gasteiger partial charge in [0.2, 0.25) is 10.0 Å². The Labute approximate surface area is 219 Å². The number of benzene rings is 1. The highest BCUT2D eigenvalue weighted by Gasteiger charge is 2.42. The fourth-order valence-corrected chi connectivity index (χ4v) is 6.88. The van der Waals surface area contributed by atoms with Gasteiger partial charge in [-0.15, -0.1) is 0 Å². The van der Waals surface area contributed by atoms with Gasteiger partial charge in [-0.3, -0.25) is 0 Å². The fourth-order valence-electron chi connectivity index (χ4n) is 5.56. The summed E-state index contributed by atoms with van der Waals surface area (Å²) in [6.45, 7) is 13.1. The largest absolute Gasteiger partial charge is 0.451 e. The van der Waals surface area contributed by atoms with Crippen molar-refractivity contribution in [3.63, 3.8) is 0 Å². The van der Waals surface area contributed by atoms with E-state index < -0.39 is 21.2 Å². The summed E-state index contributed by atoms with van der Waals surface area (Å²) in [5, 5.41) is 0. The van der Waals surface area contributed by atoms with Gasteiger partial charge >= 0.3 is 11.9 Å². The van der Waals surface area contributed by atoms with Crippen LogP contribution in [0.3, 0.4) is 0 Å². The molecule has 4 rings (SSSR count). The van der Waals surface area contributed by atoms with Crippen LogP contribution in [0.2, 0.25) is 0 Å². The topological polar surface area (TPSA) is 90.0 Å². The average molecular weight is 526 g/mol. The van der Waals surface area contributed by atoms with Crippen LogP contribution < -0.4 is 0 Å². The predicted octanol–water partition coefficient (Wildman–Crippen LogP) is 4.94. The number of carbonyl (C=O) groups excluding carboxylic acids is 2. The molecule has 3 aliphatic rings. The number of hydrogen-bond acceptors (Lipinski definition) is 6. The number of hydrogen-bond donors (Lipinski definition) is 0. The number of rotatable bonds is 4. The molecule has 0 aliphatic carbocycles. The van der Waals surface area contributed by atoms with Crippen molar-refractivity contribution in [1.29, 1.82) is 0 Å². The van der Waals surface area contributed by atoms with Gasteiger partial charge in [-0.25, -0.2) is 18.0 Å². The van der Waals surface area contributed by atoms with Crippen LogP contribution in [0.4, 0.5) is 0 Å². The minimum absolute atomic E-state index is 0.132. The number of esters is 2. The van der Waals surface area contributed by atoms with E-state index in [1.165, 1.54) is 4.31 Å². The first-order chi connectivity index (χ1) is 17.1. The zero-order valence-corrected chi connectivity index (χ0v) is 23.4. The molecule has 0 N–H and O–H groups in total. The van der Waals surface area contributed by atoms with Crippen LogP contribution in [0.1, 0.15) is 59.9 Å². The molecule has 1 aromatic rings. The summed E-state index contributed by atoms with van der Waals surface area (Å²) in [5.41, 5.74) is 3.69. The van der Waals surface area contributed by atoms with Crippen LogP contribution in [0.5, 0.6) is 0 Å². The molecule has 8 heteroatoms. The van der Waals surface area contributed by atoms with Gasteiger partial charge in [0, 0.05) is 35.4 Å². The zero-order chi connectivity index (χ0) is 27.3. The lowest BCUT2D eigenvalue weighted by Gasteiger charge is -2.26. The van der Waals surface area contributed by atoms with Gasteiger partial charge < -0.3 is 9.47 Å². The Morgan fingerprint density at radius 2 is 1.14 bits per heavy atom. The van der Waals surface area contributed by atoms with Crippen molar-refractivity contribution < 1.29 is 27.5 Å². The lowest BCUT2D eigenvalue weighted by atomic mass is 9.82. The molecule has 3 heterocycles. The maximum atomic E-state index is 13.7. The summed E-state index contributed by atoms with van der Waals surface area (Å²) in [4.78, 5) is 25.1. The van der Waals surface area contributed by atoms with Gasteiger partial charge in [-0.1, -0.05) is 29.8 Å². The highest BCUT2D eigenvalue weighted by atomic mass is 32.2. The van der Waals surface area contributed by atoms with Crippen LogP contribution in [-0.4, -0.2) is 49.0 Å². The molecule has 0 atom stereocenters. The lowest BCUT2D eigenvalue weighted by Crippen LogP contribution is -2.32. The van der Waals surface area contributed by atoms with Gasteiger partial charge in [0.05, 0.1) is 4.90 Å². The predicted molar refractivity (Wildman–Crippen MR) is 141 cm³/mol. The average Bonchev–Trinajstić information content (AvgIpc) is 3.17. The van der Waals surface area contributed by atoms with E-state index in [0.29, 0.717) is 24.0 Å². The highest BCUT2D eigenvalue weighted by Crippen LogP contribution is 2.43. The van der Waals surface area contributed by atoms with Crippen molar-refractivity contribution in [2.24, 2.45) is 0 Å². The third kappa shape index (κ3) is 4.97. The molecule has 0 amide bonds. The molecule has 1 aromatic carbocycles. The molecule has 7 nitrogen and oxygen atoms in total. The number of sulfonamides is 1. The zero-order valence-electron chi connectivity index (χ0n) is 22.6. The van der Waals surface area contributed by atoms with E-state index >= 15 is 0 Å². The third-order valence-electron chi connectivity index (χ3n) is 7.31. The number of nitrogens with zero attached hydrogens (tertiary/aromatic N) is 1. The molecule has 0 saturated carbocycles. The molecule has 0 spiro atoms. The van der Waals surface area contributed by atoms with E-state index in [1.807, 2.05) is 46.8 Å². The molecule has 0 unspecified atom stereocenters. The van der Waals surface area contributed by atoms with Gasteiger partial charge in [-0.05, 0) is 84.6 Å². The SMILES string of the molecule is CC1=C(/C2=C/CN(S(=O)(=O)c3ccc(C)cc3)C/C=C(/C3=C(C)C(=O)OC3(C)C)CC2)C(C)(C)OC1=O. The van der Waals surface area contributed by atoms with Crippen LogP contribution in [-0.2, 0) is 29.1 Å². The third-order valence-corrected chi connectivity index (χ3v) is 9.16. The normalized spacial score (nSPS) is 25.5. The van der Waals surface area contributed by atoms with E-state index in [1.54, 1.807) is 38.1 Å². The van der Waals surface area contributed by atoms with Crippen LogP contribution >= 0.6 is 0 Å². The minimum atomic E-state index is -3.82. The van der Waals surface area contributed by atoms with Crippen molar-refractivity contribution in [3.05, 3.63) is 75.4 Å². The Morgan fingerprint density at radius 3 is 1.49 bits per heavy atom. The maximum absolute atomic E-state index is 13.7. The number of carbonyl (C=O) groups is 2. The Bertz CT molecular complexity index is 1320. The standard InChI is InChI=1S/C29H35NO6S/c1-18-8-12-23(13-9-18)37(33,34)30-16-14-21(24-19(2)26(31)35-28(24,4)5)10-11-22(15-17-30)25-20(3)27(32)36-29(25,6)7/h8-9,12-15H,10-11,16-17H2,1-7H3/b21-14+,22-15+. The molecular weight excluding hydrogens is 490 g/mol. The Kier molecular flexibility index (Phi) is 6.88. The van der Waals surface area contributed by atoms with Gasteiger partial charge in [0.1, 0.15) is 11.2 Å². The van der Waals surface area contributed by atoms with E-state index in [0.717, 1.165) is 27.9 Å². The first-order valence-electron chi connectivity index (χ1n) is 12.5. The molecule has 0 aromatic heterocycles. The molecule has 0 bridgehead atoms.